The summed E-state index contributed by atoms with van der Waals surface area (Å²) >= 11 is 0. The fraction of sp³-hybridized carbons (Fsp3) is 0.176. The van der Waals surface area contributed by atoms with Crippen molar-refractivity contribution < 1.29 is 4.79 Å². The van der Waals surface area contributed by atoms with Crippen molar-refractivity contribution in [3.05, 3.63) is 72.1 Å². The minimum atomic E-state index is -0.0612. The van der Waals surface area contributed by atoms with Crippen LogP contribution in [0.3, 0.4) is 0 Å². The van der Waals surface area contributed by atoms with Crippen molar-refractivity contribution in [1.29, 1.82) is 0 Å². The largest absolute Gasteiger partial charge is 0.350 e. The molecule has 0 aliphatic heterocycles. The van der Waals surface area contributed by atoms with Crippen LogP contribution in [0.1, 0.15) is 17.0 Å². The van der Waals surface area contributed by atoms with Crippen LogP contribution >= 0.6 is 0 Å². The lowest BCUT2D eigenvalue weighted by molar-refractivity contribution is -0.120. The number of carbonyl (C=O) groups is 1. The van der Waals surface area contributed by atoms with Gasteiger partial charge in [-0.25, -0.2) is 14.6 Å². The molecule has 0 spiro atoms. The van der Waals surface area contributed by atoms with Crippen molar-refractivity contribution in [3.63, 3.8) is 0 Å². The zero-order chi connectivity index (χ0) is 16.1. The second-order valence-corrected chi connectivity index (χ2v) is 5.23. The van der Waals surface area contributed by atoms with Gasteiger partial charge in [0.15, 0.2) is 0 Å². The molecule has 0 unspecified atom stereocenters. The summed E-state index contributed by atoms with van der Waals surface area (Å²) in [5.74, 6) is -0.0612. The number of nitrogens with zero attached hydrogens (tertiary/aromatic N) is 4. The fourth-order valence-electron chi connectivity index (χ4n) is 2.22. The van der Waals surface area contributed by atoms with Crippen molar-refractivity contribution in [1.82, 2.24) is 25.1 Å². The molecule has 6 nitrogen and oxygen atoms in total. The van der Waals surface area contributed by atoms with Gasteiger partial charge in [0.25, 0.3) is 0 Å². The summed E-state index contributed by atoms with van der Waals surface area (Å²) in [6, 6.07) is 11.6. The van der Waals surface area contributed by atoms with E-state index in [2.05, 4.69) is 20.4 Å². The van der Waals surface area contributed by atoms with E-state index in [9.17, 15) is 4.79 Å². The van der Waals surface area contributed by atoms with Crippen LogP contribution in [0.15, 0.2) is 55.1 Å². The standard InChI is InChI=1S/C17H17N5O/c1-13-7-15(20-12-19-13)10-18-17(23)8-14-9-21-22(11-14)16-5-3-2-4-6-16/h2-7,9,11-12H,8,10H2,1H3,(H,18,23). The van der Waals surface area contributed by atoms with E-state index in [-0.39, 0.29) is 12.3 Å². The summed E-state index contributed by atoms with van der Waals surface area (Å²) in [5.41, 5.74) is 3.51. The highest BCUT2D eigenvalue weighted by molar-refractivity contribution is 5.78. The highest BCUT2D eigenvalue weighted by Gasteiger charge is 2.07. The van der Waals surface area contributed by atoms with E-state index in [0.29, 0.717) is 6.54 Å². The lowest BCUT2D eigenvalue weighted by Gasteiger charge is -2.04. The van der Waals surface area contributed by atoms with Gasteiger partial charge in [0.2, 0.25) is 5.91 Å². The molecule has 3 rings (SSSR count). The lowest BCUT2D eigenvalue weighted by atomic mass is 10.2. The molecular weight excluding hydrogens is 290 g/mol. The average molecular weight is 307 g/mol. The predicted octanol–water partition coefficient (Wildman–Crippen LogP) is 1.83. The van der Waals surface area contributed by atoms with E-state index in [1.165, 1.54) is 6.33 Å². The van der Waals surface area contributed by atoms with E-state index in [0.717, 1.165) is 22.6 Å². The van der Waals surface area contributed by atoms with Crippen LogP contribution in [0.4, 0.5) is 0 Å². The topological polar surface area (TPSA) is 72.7 Å². The fourth-order valence-corrected chi connectivity index (χ4v) is 2.22. The maximum atomic E-state index is 12.0. The second-order valence-electron chi connectivity index (χ2n) is 5.23. The molecule has 0 aliphatic carbocycles. The molecule has 23 heavy (non-hydrogen) atoms. The first-order valence-corrected chi connectivity index (χ1v) is 7.34. The maximum absolute atomic E-state index is 12.0. The molecule has 1 amide bonds. The van der Waals surface area contributed by atoms with Crippen molar-refractivity contribution in [3.8, 4) is 5.69 Å². The number of rotatable bonds is 5. The predicted molar refractivity (Wildman–Crippen MR) is 85.9 cm³/mol. The Kier molecular flexibility index (Phi) is 4.42. The van der Waals surface area contributed by atoms with Crippen molar-refractivity contribution in [2.75, 3.05) is 0 Å². The Morgan fingerprint density at radius 2 is 2.04 bits per heavy atom. The first-order valence-electron chi connectivity index (χ1n) is 7.34. The third-order valence-electron chi connectivity index (χ3n) is 3.35. The van der Waals surface area contributed by atoms with Crippen LogP contribution in [0.2, 0.25) is 0 Å². The summed E-state index contributed by atoms with van der Waals surface area (Å²) in [4.78, 5) is 20.2. The third-order valence-corrected chi connectivity index (χ3v) is 3.35. The molecule has 1 N–H and O–H groups in total. The molecule has 116 valence electrons. The van der Waals surface area contributed by atoms with Crippen molar-refractivity contribution in [2.45, 2.75) is 19.9 Å². The SMILES string of the molecule is Cc1cc(CNC(=O)Cc2cnn(-c3ccccc3)c2)ncn1. The highest BCUT2D eigenvalue weighted by atomic mass is 16.1. The van der Waals surface area contributed by atoms with Crippen LogP contribution in [0.5, 0.6) is 0 Å². The van der Waals surface area contributed by atoms with E-state index in [4.69, 9.17) is 0 Å². The first kappa shape index (κ1) is 14.9. The monoisotopic (exact) mass is 307 g/mol. The minimum absolute atomic E-state index is 0.0612. The molecule has 0 fully saturated rings. The number of aryl methyl sites for hydroxylation is 1. The number of para-hydroxylation sites is 1. The minimum Gasteiger partial charge on any atom is -0.350 e. The number of benzene rings is 1. The first-order chi connectivity index (χ1) is 11.2. The third kappa shape index (κ3) is 4.00. The van der Waals surface area contributed by atoms with E-state index in [1.54, 1.807) is 10.9 Å². The van der Waals surface area contributed by atoms with Gasteiger partial charge in [0, 0.05) is 11.9 Å². The zero-order valence-electron chi connectivity index (χ0n) is 12.8. The van der Waals surface area contributed by atoms with Gasteiger partial charge in [-0.3, -0.25) is 4.79 Å². The van der Waals surface area contributed by atoms with Gasteiger partial charge in [-0.1, -0.05) is 18.2 Å². The lowest BCUT2D eigenvalue weighted by Crippen LogP contribution is -2.25. The molecule has 0 radical (unpaired) electrons. The van der Waals surface area contributed by atoms with Gasteiger partial charge in [-0.05, 0) is 30.7 Å². The number of carbonyl (C=O) groups excluding carboxylic acids is 1. The van der Waals surface area contributed by atoms with E-state index >= 15 is 0 Å². The van der Waals surface area contributed by atoms with Crippen LogP contribution in [-0.4, -0.2) is 25.7 Å². The molecule has 2 heterocycles. The molecule has 0 saturated heterocycles. The van der Waals surface area contributed by atoms with Gasteiger partial charge < -0.3 is 5.32 Å². The smallest absolute Gasteiger partial charge is 0.224 e. The number of aromatic nitrogens is 4. The van der Waals surface area contributed by atoms with Gasteiger partial charge in [-0.2, -0.15) is 5.10 Å². The average Bonchev–Trinajstić information content (AvgIpc) is 3.02. The van der Waals surface area contributed by atoms with Crippen molar-refractivity contribution in [2.24, 2.45) is 0 Å². The summed E-state index contributed by atoms with van der Waals surface area (Å²) in [5, 5.41) is 7.14. The Bertz CT molecular complexity index is 798. The Balaban J connectivity index is 1.57. The quantitative estimate of drug-likeness (QED) is 0.780. The zero-order valence-corrected chi connectivity index (χ0v) is 12.8. The Morgan fingerprint density at radius 1 is 1.22 bits per heavy atom. The Hall–Kier alpha value is -3.02. The molecule has 0 aliphatic rings. The number of nitrogens with one attached hydrogen (secondary N) is 1. The molecule has 3 aromatic rings. The molecule has 2 aromatic heterocycles. The molecule has 1 aromatic carbocycles. The molecule has 0 saturated carbocycles. The second kappa shape index (κ2) is 6.83. The van der Waals surface area contributed by atoms with E-state index in [1.807, 2.05) is 49.5 Å². The highest BCUT2D eigenvalue weighted by Crippen LogP contribution is 2.08. The maximum Gasteiger partial charge on any atom is 0.224 e. The number of amides is 1. The molecule has 6 heteroatoms. The molecule has 0 atom stereocenters. The summed E-state index contributed by atoms with van der Waals surface area (Å²) in [7, 11) is 0. The van der Waals surface area contributed by atoms with Gasteiger partial charge in [0.05, 0.1) is 30.5 Å². The van der Waals surface area contributed by atoms with Gasteiger partial charge in [0.1, 0.15) is 6.33 Å². The molecular formula is C17H17N5O. The van der Waals surface area contributed by atoms with Gasteiger partial charge in [-0.15, -0.1) is 0 Å². The normalized spacial score (nSPS) is 10.5. The van der Waals surface area contributed by atoms with Crippen LogP contribution in [0.25, 0.3) is 5.69 Å². The van der Waals surface area contributed by atoms with Crippen LogP contribution in [-0.2, 0) is 17.8 Å². The number of hydrogen-bond acceptors (Lipinski definition) is 4. The number of hydrogen-bond donors (Lipinski definition) is 1. The molecule has 0 bridgehead atoms. The van der Waals surface area contributed by atoms with Crippen molar-refractivity contribution >= 4 is 5.91 Å². The van der Waals surface area contributed by atoms with Gasteiger partial charge >= 0.3 is 0 Å². The van der Waals surface area contributed by atoms with E-state index < -0.39 is 0 Å². The summed E-state index contributed by atoms with van der Waals surface area (Å²) in [6.45, 7) is 2.29. The Labute approximate surface area is 134 Å². The Morgan fingerprint density at radius 3 is 2.83 bits per heavy atom. The summed E-state index contributed by atoms with van der Waals surface area (Å²) < 4.78 is 1.76. The van der Waals surface area contributed by atoms with Crippen LogP contribution < -0.4 is 5.32 Å². The van der Waals surface area contributed by atoms with Crippen LogP contribution in [0, 0.1) is 6.92 Å². The summed E-state index contributed by atoms with van der Waals surface area (Å²) in [6.07, 6.45) is 5.36.